The lowest BCUT2D eigenvalue weighted by Crippen LogP contribution is -2.05. The number of carbonyl (C=O) groups excluding carboxylic acids is 1. The number of methoxy groups -OCH3 is 1. The molecule has 0 atom stereocenters. The third-order valence-electron chi connectivity index (χ3n) is 1.70. The monoisotopic (exact) mass is 253 g/mol. The number of pyridine rings is 1. The molecule has 3 nitrogen and oxygen atoms in total. The Hall–Kier alpha value is -0.835. The molecule has 0 aliphatic heterocycles. The van der Waals surface area contributed by atoms with Gasteiger partial charge in [0.2, 0.25) is 0 Å². The molecule has 0 saturated carbocycles. The number of ether oxygens (including phenoxy) is 1. The van der Waals surface area contributed by atoms with E-state index in [2.05, 4.69) is 25.7 Å². The van der Waals surface area contributed by atoms with E-state index in [0.29, 0.717) is 22.9 Å². The first kappa shape index (κ1) is 11.2. The zero-order valence-electron chi connectivity index (χ0n) is 7.79. The van der Waals surface area contributed by atoms with Crippen LogP contribution in [0, 0.1) is 0 Å². The van der Waals surface area contributed by atoms with Crippen molar-refractivity contribution in [2.75, 3.05) is 7.11 Å². The highest BCUT2D eigenvalue weighted by atomic mass is 79.9. The van der Waals surface area contributed by atoms with Gasteiger partial charge in [0.05, 0.1) is 26.2 Å². The summed E-state index contributed by atoms with van der Waals surface area (Å²) in [7, 11) is 6.80. The summed E-state index contributed by atoms with van der Waals surface area (Å²) >= 11 is 3.27. The van der Waals surface area contributed by atoms with Crippen molar-refractivity contribution in [1.82, 2.24) is 4.98 Å². The largest absolute Gasteiger partial charge is 0.465 e. The molecule has 72 valence electrons. The Morgan fingerprint density at radius 1 is 1.57 bits per heavy atom. The number of esters is 1. The number of rotatable bonds is 3. The number of aromatic nitrogens is 1. The number of alkyl halides is 1. The van der Waals surface area contributed by atoms with Gasteiger partial charge in [0.25, 0.3) is 0 Å². The fourth-order valence-corrected chi connectivity index (χ4v) is 1.35. The molecule has 5 heteroatoms. The molecule has 0 spiro atoms. The van der Waals surface area contributed by atoms with Gasteiger partial charge in [-0.3, -0.25) is 4.98 Å². The van der Waals surface area contributed by atoms with Crippen LogP contribution in [0.4, 0.5) is 0 Å². The van der Waals surface area contributed by atoms with Crippen molar-refractivity contribution in [3.63, 3.8) is 0 Å². The second-order valence-corrected chi connectivity index (χ2v) is 3.23. The summed E-state index contributed by atoms with van der Waals surface area (Å²) in [6.45, 7) is 0. The minimum atomic E-state index is -0.371. The highest BCUT2D eigenvalue weighted by Gasteiger charge is 2.08. The van der Waals surface area contributed by atoms with E-state index in [1.807, 2.05) is 0 Å². The molecule has 0 saturated heterocycles. The Balaban J connectivity index is 3.10. The smallest absolute Gasteiger partial charge is 0.337 e. The summed E-state index contributed by atoms with van der Waals surface area (Å²) in [5.41, 5.74) is 1.94. The topological polar surface area (TPSA) is 39.2 Å². The van der Waals surface area contributed by atoms with Gasteiger partial charge in [-0.15, -0.1) is 0 Å². The van der Waals surface area contributed by atoms with Gasteiger partial charge in [-0.2, -0.15) is 0 Å². The second kappa shape index (κ2) is 5.15. The highest BCUT2D eigenvalue weighted by molar-refractivity contribution is 9.08. The molecule has 2 radical (unpaired) electrons. The van der Waals surface area contributed by atoms with E-state index in [1.54, 1.807) is 12.1 Å². The Morgan fingerprint density at radius 3 is 2.71 bits per heavy atom. The lowest BCUT2D eigenvalue weighted by atomic mass is 10.00. The number of hydrogen-bond acceptors (Lipinski definition) is 3. The van der Waals surface area contributed by atoms with Gasteiger partial charge in [0.1, 0.15) is 0 Å². The molecule has 0 unspecified atom stereocenters. The lowest BCUT2D eigenvalue weighted by molar-refractivity contribution is 0.0600. The van der Waals surface area contributed by atoms with E-state index >= 15 is 0 Å². The highest BCUT2D eigenvalue weighted by Crippen LogP contribution is 2.10. The standard InChI is InChI=1S/C9H9BBrNO2/c1-14-9(13)6-2-7(4-10)12-8(3-6)5-11/h2-3H,4-5H2,1H3. The van der Waals surface area contributed by atoms with Gasteiger partial charge >= 0.3 is 5.97 Å². The van der Waals surface area contributed by atoms with Crippen molar-refractivity contribution in [3.8, 4) is 0 Å². The SMILES string of the molecule is [B]Cc1cc(C(=O)OC)cc(CBr)n1. The van der Waals surface area contributed by atoms with Crippen LogP contribution in [0.25, 0.3) is 0 Å². The minimum absolute atomic E-state index is 0.310. The summed E-state index contributed by atoms with van der Waals surface area (Å²) in [6, 6.07) is 3.32. The zero-order chi connectivity index (χ0) is 10.6. The number of nitrogens with zero attached hydrogens (tertiary/aromatic N) is 1. The fourth-order valence-electron chi connectivity index (χ4n) is 1.06. The van der Waals surface area contributed by atoms with Crippen LogP contribution in [-0.2, 0) is 16.4 Å². The van der Waals surface area contributed by atoms with Crippen LogP contribution >= 0.6 is 15.9 Å². The predicted molar refractivity (Wildman–Crippen MR) is 57.7 cm³/mol. The molecule has 0 aliphatic rings. The average molecular weight is 254 g/mol. The summed E-state index contributed by atoms with van der Waals surface area (Å²) < 4.78 is 4.61. The lowest BCUT2D eigenvalue weighted by Gasteiger charge is -2.04. The van der Waals surface area contributed by atoms with Gasteiger partial charge in [-0.1, -0.05) is 15.9 Å². The molecule has 0 amide bonds. The maximum Gasteiger partial charge on any atom is 0.337 e. The van der Waals surface area contributed by atoms with E-state index in [4.69, 9.17) is 7.85 Å². The van der Waals surface area contributed by atoms with E-state index in [9.17, 15) is 4.79 Å². The second-order valence-electron chi connectivity index (χ2n) is 2.67. The van der Waals surface area contributed by atoms with E-state index < -0.39 is 0 Å². The summed E-state index contributed by atoms with van der Waals surface area (Å²) in [5.74, 6) is -0.371. The third-order valence-corrected chi connectivity index (χ3v) is 2.27. The van der Waals surface area contributed by atoms with Gasteiger partial charge in [-0.25, -0.2) is 4.79 Å². The third kappa shape index (κ3) is 2.58. The summed E-state index contributed by atoms with van der Waals surface area (Å²) in [4.78, 5) is 15.5. The molecule has 1 heterocycles. The Kier molecular flexibility index (Phi) is 4.13. The normalized spacial score (nSPS) is 9.86. The maximum atomic E-state index is 11.2. The summed E-state index contributed by atoms with van der Waals surface area (Å²) in [6.07, 6.45) is 0.310. The molecule has 0 aliphatic carbocycles. The predicted octanol–water partition coefficient (Wildman–Crippen LogP) is 1.43. The molecule has 14 heavy (non-hydrogen) atoms. The molecule has 1 aromatic heterocycles. The van der Waals surface area contributed by atoms with Crippen LogP contribution in [0.1, 0.15) is 21.7 Å². The molecular weight excluding hydrogens is 245 g/mol. The maximum absolute atomic E-state index is 11.2. The van der Waals surface area contributed by atoms with Crippen molar-refractivity contribution in [3.05, 3.63) is 29.1 Å². The Morgan fingerprint density at radius 2 is 2.21 bits per heavy atom. The molecule has 1 aromatic rings. The fraction of sp³-hybridized carbons (Fsp3) is 0.333. The molecule has 0 fully saturated rings. The first-order chi connectivity index (χ1) is 6.71. The quantitative estimate of drug-likeness (QED) is 0.465. The van der Waals surface area contributed by atoms with Gasteiger partial charge < -0.3 is 4.74 Å². The number of carbonyl (C=O) groups is 1. The zero-order valence-corrected chi connectivity index (χ0v) is 9.37. The summed E-state index contributed by atoms with van der Waals surface area (Å²) in [5, 5.41) is 0.588. The van der Waals surface area contributed by atoms with Gasteiger partial charge in [-0.05, 0) is 18.5 Å². The minimum Gasteiger partial charge on any atom is -0.465 e. The van der Waals surface area contributed by atoms with Crippen LogP contribution in [0.15, 0.2) is 12.1 Å². The van der Waals surface area contributed by atoms with Crippen molar-refractivity contribution in [1.29, 1.82) is 0 Å². The molecular formula is C9H9BBrNO2. The van der Waals surface area contributed by atoms with Gasteiger partial charge in [0.15, 0.2) is 0 Å². The van der Waals surface area contributed by atoms with Crippen molar-refractivity contribution >= 4 is 29.7 Å². The first-order valence-corrected chi connectivity index (χ1v) is 5.17. The van der Waals surface area contributed by atoms with E-state index in [0.717, 1.165) is 5.69 Å². The average Bonchev–Trinajstić information content (AvgIpc) is 2.27. The van der Waals surface area contributed by atoms with E-state index in [-0.39, 0.29) is 5.97 Å². The van der Waals surface area contributed by atoms with E-state index in [1.165, 1.54) is 7.11 Å². The van der Waals surface area contributed by atoms with Crippen LogP contribution in [-0.4, -0.2) is 25.9 Å². The van der Waals surface area contributed by atoms with Crippen molar-refractivity contribution in [2.45, 2.75) is 11.7 Å². The molecule has 0 aromatic carbocycles. The van der Waals surface area contributed by atoms with Gasteiger partial charge in [0, 0.05) is 11.0 Å². The Bertz CT molecular complexity index is 321. The molecule has 1 rings (SSSR count). The van der Waals surface area contributed by atoms with Crippen LogP contribution < -0.4 is 0 Å². The Labute approximate surface area is 92.4 Å². The van der Waals surface area contributed by atoms with Crippen LogP contribution in [0.2, 0.25) is 0 Å². The van der Waals surface area contributed by atoms with Crippen molar-refractivity contribution in [2.24, 2.45) is 0 Å². The van der Waals surface area contributed by atoms with Crippen LogP contribution in [0.3, 0.4) is 0 Å². The molecule has 0 bridgehead atoms. The van der Waals surface area contributed by atoms with Crippen molar-refractivity contribution < 1.29 is 9.53 Å². The van der Waals surface area contributed by atoms with Crippen LogP contribution in [0.5, 0.6) is 0 Å². The molecule has 0 N–H and O–H groups in total. The number of hydrogen-bond donors (Lipinski definition) is 0. The first-order valence-electron chi connectivity index (χ1n) is 4.05. The number of halogens is 1.